The van der Waals surface area contributed by atoms with Crippen molar-refractivity contribution >= 4 is 35.2 Å². The number of carbonyl (C=O) groups excluding carboxylic acids is 3. The highest BCUT2D eigenvalue weighted by molar-refractivity contribution is 7.98. The van der Waals surface area contributed by atoms with Crippen molar-refractivity contribution < 1.29 is 18.8 Å². The predicted octanol–water partition coefficient (Wildman–Crippen LogP) is 3.10. The van der Waals surface area contributed by atoms with Crippen LogP contribution in [0.15, 0.2) is 42.5 Å². The van der Waals surface area contributed by atoms with Crippen LogP contribution in [0.4, 0.5) is 10.1 Å². The monoisotopic (exact) mass is 372 g/mol. The summed E-state index contributed by atoms with van der Waals surface area (Å²) in [4.78, 5) is 39.1. The molecule has 0 radical (unpaired) electrons. The molecule has 3 amide bonds. The molecule has 5 nitrogen and oxygen atoms in total. The second-order valence-electron chi connectivity index (χ2n) is 5.95. The minimum Gasteiger partial charge on any atom is -0.324 e. The second kappa shape index (κ2) is 7.29. The van der Waals surface area contributed by atoms with Crippen molar-refractivity contribution in [3.63, 3.8) is 0 Å². The van der Waals surface area contributed by atoms with Crippen molar-refractivity contribution in [2.75, 3.05) is 17.3 Å². The predicted molar refractivity (Wildman–Crippen MR) is 98.9 cm³/mol. The number of fused-ring (bicyclic) bond motifs is 1. The van der Waals surface area contributed by atoms with Gasteiger partial charge in [-0.2, -0.15) is 11.8 Å². The van der Waals surface area contributed by atoms with Gasteiger partial charge in [-0.1, -0.05) is 12.1 Å². The molecule has 0 aliphatic carbocycles. The standard InChI is InChI=1S/C19H17FN2O3S/c1-11-9-12(20)7-8-15(11)21-17(23)16(10-26-2)22-18(24)13-5-3-4-6-14(13)19(22)25/h3-9,16H,10H2,1-2H3,(H,21,23)/t16-/m0/s1. The fraction of sp³-hybridized carbons (Fsp3) is 0.211. The van der Waals surface area contributed by atoms with Crippen molar-refractivity contribution in [3.05, 3.63) is 65.0 Å². The molecule has 134 valence electrons. The van der Waals surface area contributed by atoms with E-state index in [1.807, 2.05) is 0 Å². The quantitative estimate of drug-likeness (QED) is 0.819. The maximum Gasteiger partial charge on any atom is 0.262 e. The Morgan fingerprint density at radius 1 is 1.15 bits per heavy atom. The largest absolute Gasteiger partial charge is 0.324 e. The fourth-order valence-electron chi connectivity index (χ4n) is 2.90. The average molecular weight is 372 g/mol. The number of aryl methyl sites for hydroxylation is 1. The topological polar surface area (TPSA) is 66.5 Å². The summed E-state index contributed by atoms with van der Waals surface area (Å²) < 4.78 is 13.3. The number of benzene rings is 2. The lowest BCUT2D eigenvalue weighted by Gasteiger charge is -2.25. The van der Waals surface area contributed by atoms with Crippen LogP contribution in [-0.4, -0.2) is 40.7 Å². The average Bonchev–Trinajstić information content (AvgIpc) is 2.87. The van der Waals surface area contributed by atoms with Gasteiger partial charge in [0.15, 0.2) is 0 Å². The smallest absolute Gasteiger partial charge is 0.262 e. The number of amides is 3. The Morgan fingerprint density at radius 3 is 2.31 bits per heavy atom. The molecule has 0 bridgehead atoms. The van der Waals surface area contributed by atoms with Gasteiger partial charge >= 0.3 is 0 Å². The molecule has 0 aromatic heterocycles. The summed E-state index contributed by atoms with van der Waals surface area (Å²) in [5, 5.41) is 2.70. The Hall–Kier alpha value is -2.67. The van der Waals surface area contributed by atoms with Gasteiger partial charge in [0, 0.05) is 11.4 Å². The van der Waals surface area contributed by atoms with Crippen LogP contribution in [0.5, 0.6) is 0 Å². The fourth-order valence-corrected chi connectivity index (χ4v) is 3.52. The van der Waals surface area contributed by atoms with E-state index >= 15 is 0 Å². The van der Waals surface area contributed by atoms with Gasteiger partial charge in [0.2, 0.25) is 5.91 Å². The maximum absolute atomic E-state index is 13.3. The Morgan fingerprint density at radius 2 is 1.77 bits per heavy atom. The van der Waals surface area contributed by atoms with Crippen molar-refractivity contribution in [1.29, 1.82) is 0 Å². The van der Waals surface area contributed by atoms with Crippen LogP contribution in [0.3, 0.4) is 0 Å². The molecule has 1 aliphatic heterocycles. The Kier molecular flexibility index (Phi) is 5.08. The third-order valence-corrected chi connectivity index (χ3v) is 4.86. The lowest BCUT2D eigenvalue weighted by Crippen LogP contribution is -2.48. The van der Waals surface area contributed by atoms with Crippen molar-refractivity contribution in [3.8, 4) is 0 Å². The molecule has 3 rings (SSSR count). The van der Waals surface area contributed by atoms with E-state index in [0.717, 1.165) is 4.90 Å². The first kappa shape index (κ1) is 18.1. The number of imide groups is 1. The van der Waals surface area contributed by atoms with E-state index in [-0.39, 0.29) is 5.75 Å². The SMILES string of the molecule is CSC[C@@H](C(=O)Nc1ccc(F)cc1C)N1C(=O)c2ccccc2C1=O. The zero-order valence-corrected chi connectivity index (χ0v) is 15.1. The summed E-state index contributed by atoms with van der Waals surface area (Å²) in [6.45, 7) is 1.67. The molecular weight excluding hydrogens is 355 g/mol. The minimum atomic E-state index is -0.957. The summed E-state index contributed by atoms with van der Waals surface area (Å²) in [6, 6.07) is 9.57. The summed E-state index contributed by atoms with van der Waals surface area (Å²) in [5.41, 5.74) is 1.60. The van der Waals surface area contributed by atoms with E-state index in [1.165, 1.54) is 30.0 Å². The lowest BCUT2D eigenvalue weighted by atomic mass is 10.1. The zero-order chi connectivity index (χ0) is 18.8. The van der Waals surface area contributed by atoms with Crippen LogP contribution in [-0.2, 0) is 4.79 Å². The van der Waals surface area contributed by atoms with Crippen molar-refractivity contribution in [2.45, 2.75) is 13.0 Å². The van der Waals surface area contributed by atoms with Crippen molar-refractivity contribution in [1.82, 2.24) is 4.90 Å². The first-order valence-electron chi connectivity index (χ1n) is 7.97. The molecule has 0 unspecified atom stereocenters. The summed E-state index contributed by atoms with van der Waals surface area (Å²) >= 11 is 1.36. The number of anilines is 1. The van der Waals surface area contributed by atoms with Gasteiger partial charge in [-0.05, 0) is 49.1 Å². The molecule has 7 heteroatoms. The molecule has 1 heterocycles. The van der Waals surface area contributed by atoms with Crippen LogP contribution in [0.1, 0.15) is 26.3 Å². The van der Waals surface area contributed by atoms with Crippen LogP contribution >= 0.6 is 11.8 Å². The third kappa shape index (κ3) is 3.22. The molecule has 0 saturated carbocycles. The van der Waals surface area contributed by atoms with Gasteiger partial charge in [0.05, 0.1) is 11.1 Å². The molecule has 26 heavy (non-hydrogen) atoms. The number of halogens is 1. The Labute approximate surface area is 154 Å². The first-order chi connectivity index (χ1) is 12.4. The molecule has 0 spiro atoms. The molecule has 0 fully saturated rings. The number of thioether (sulfide) groups is 1. The van der Waals surface area contributed by atoms with Gasteiger partial charge in [0.25, 0.3) is 11.8 Å². The molecule has 1 aliphatic rings. The van der Waals surface area contributed by atoms with Crippen LogP contribution in [0, 0.1) is 12.7 Å². The number of nitrogens with zero attached hydrogens (tertiary/aromatic N) is 1. The number of hydrogen-bond acceptors (Lipinski definition) is 4. The number of rotatable bonds is 5. The molecule has 1 N–H and O–H groups in total. The highest BCUT2D eigenvalue weighted by Crippen LogP contribution is 2.26. The van der Waals surface area contributed by atoms with Gasteiger partial charge in [-0.15, -0.1) is 0 Å². The molecular formula is C19H17FN2O3S. The van der Waals surface area contributed by atoms with Gasteiger partial charge in [0.1, 0.15) is 11.9 Å². The number of nitrogens with one attached hydrogen (secondary N) is 1. The summed E-state index contributed by atoms with van der Waals surface area (Å²) in [7, 11) is 0. The molecule has 1 atom stereocenters. The highest BCUT2D eigenvalue weighted by atomic mass is 32.2. The molecule has 2 aromatic rings. The maximum atomic E-state index is 13.3. The zero-order valence-electron chi connectivity index (χ0n) is 14.3. The molecule has 0 saturated heterocycles. The summed E-state index contributed by atoms with van der Waals surface area (Å²) in [5.74, 6) is -1.58. The van der Waals surface area contributed by atoms with Gasteiger partial charge in [-0.25, -0.2) is 4.39 Å². The first-order valence-corrected chi connectivity index (χ1v) is 9.36. The van der Waals surface area contributed by atoms with Crippen LogP contribution < -0.4 is 5.32 Å². The second-order valence-corrected chi connectivity index (χ2v) is 6.86. The van der Waals surface area contributed by atoms with Crippen LogP contribution in [0.25, 0.3) is 0 Å². The highest BCUT2D eigenvalue weighted by Gasteiger charge is 2.42. The number of carbonyl (C=O) groups is 3. The lowest BCUT2D eigenvalue weighted by molar-refractivity contribution is -0.119. The summed E-state index contributed by atoms with van der Waals surface area (Å²) in [6.07, 6.45) is 1.79. The van der Waals surface area contributed by atoms with E-state index in [1.54, 1.807) is 37.4 Å². The van der Waals surface area contributed by atoms with Gasteiger partial charge < -0.3 is 5.32 Å². The van der Waals surface area contributed by atoms with Crippen molar-refractivity contribution in [2.24, 2.45) is 0 Å². The van der Waals surface area contributed by atoms with E-state index in [0.29, 0.717) is 22.4 Å². The number of hydrogen-bond donors (Lipinski definition) is 1. The van der Waals surface area contributed by atoms with E-state index < -0.39 is 29.6 Å². The Balaban J connectivity index is 1.89. The van der Waals surface area contributed by atoms with Gasteiger partial charge in [-0.3, -0.25) is 19.3 Å². The molecule has 2 aromatic carbocycles. The Bertz CT molecular complexity index is 865. The van der Waals surface area contributed by atoms with E-state index in [2.05, 4.69) is 5.32 Å². The third-order valence-electron chi connectivity index (χ3n) is 4.21. The van der Waals surface area contributed by atoms with E-state index in [4.69, 9.17) is 0 Å². The van der Waals surface area contributed by atoms with E-state index in [9.17, 15) is 18.8 Å². The van der Waals surface area contributed by atoms with Crippen LogP contribution in [0.2, 0.25) is 0 Å². The minimum absolute atomic E-state index is 0.261. The normalized spacial score (nSPS) is 14.3.